The summed E-state index contributed by atoms with van der Waals surface area (Å²) in [6.45, 7) is 0. The molecule has 4 heteroatoms. The van der Waals surface area contributed by atoms with Crippen LogP contribution in [0.5, 0.6) is 0 Å². The molecular weight excluding hydrogens is 296 g/mol. The lowest BCUT2D eigenvalue weighted by molar-refractivity contribution is 1.20. The molecule has 0 bridgehead atoms. The molecule has 24 heavy (non-hydrogen) atoms. The van der Waals surface area contributed by atoms with E-state index >= 15 is 0 Å². The van der Waals surface area contributed by atoms with Crippen LogP contribution in [0.4, 0.5) is 0 Å². The summed E-state index contributed by atoms with van der Waals surface area (Å²) in [5, 5.41) is 0. The second-order valence-electron chi connectivity index (χ2n) is 4.10. The number of nitrogens with zero attached hydrogens (tertiary/aromatic N) is 4. The third kappa shape index (κ3) is 13.6. The normalized spacial score (nSPS) is 8.00. The van der Waals surface area contributed by atoms with Crippen molar-refractivity contribution in [2.75, 3.05) is 0 Å². The van der Waals surface area contributed by atoms with Crippen molar-refractivity contribution < 1.29 is 0 Å². The average Bonchev–Trinajstić information content (AvgIpc) is 2.75. The summed E-state index contributed by atoms with van der Waals surface area (Å²) in [5.41, 5.74) is 0. The van der Waals surface area contributed by atoms with Crippen molar-refractivity contribution in [1.29, 1.82) is 0 Å². The van der Waals surface area contributed by atoms with Gasteiger partial charge in [-0.15, -0.1) is 0 Å². The highest BCUT2D eigenvalue weighted by atomic mass is 14.7. The molecule has 0 spiro atoms. The van der Waals surface area contributed by atoms with E-state index in [4.69, 9.17) is 0 Å². The fourth-order valence-corrected chi connectivity index (χ4v) is 1.26. The van der Waals surface area contributed by atoms with Crippen LogP contribution in [0.25, 0.3) is 0 Å². The quantitative estimate of drug-likeness (QED) is 0.484. The number of pyridine rings is 2. The van der Waals surface area contributed by atoms with E-state index in [0.717, 1.165) is 0 Å². The fraction of sp³-hybridized carbons (Fsp3) is 0. The number of rotatable bonds is 0. The molecule has 0 N–H and O–H groups in total. The van der Waals surface area contributed by atoms with E-state index in [9.17, 15) is 0 Å². The van der Waals surface area contributed by atoms with Crippen molar-refractivity contribution in [3.63, 3.8) is 0 Å². The Morgan fingerprint density at radius 3 is 0.542 bits per heavy atom. The van der Waals surface area contributed by atoms with Gasteiger partial charge in [0.15, 0.2) is 0 Å². The molecular formula is C20H20N4. The van der Waals surface area contributed by atoms with Crippen LogP contribution in [0, 0.1) is 0 Å². The van der Waals surface area contributed by atoms with Crippen LogP contribution in [-0.2, 0) is 0 Å². The Balaban J connectivity index is 0.000000160. The van der Waals surface area contributed by atoms with Gasteiger partial charge in [-0.25, -0.2) is 0 Å². The molecule has 120 valence electrons. The van der Waals surface area contributed by atoms with Gasteiger partial charge in [0.05, 0.1) is 0 Å². The first-order valence-corrected chi connectivity index (χ1v) is 7.40. The average molecular weight is 316 g/mol. The summed E-state index contributed by atoms with van der Waals surface area (Å²) >= 11 is 0. The zero-order chi connectivity index (χ0) is 17.0. The van der Waals surface area contributed by atoms with Crippen molar-refractivity contribution >= 4 is 0 Å². The summed E-state index contributed by atoms with van der Waals surface area (Å²) < 4.78 is 0. The third-order valence-electron chi connectivity index (χ3n) is 2.28. The lowest BCUT2D eigenvalue weighted by Gasteiger charge is -1.70. The summed E-state index contributed by atoms with van der Waals surface area (Å²) in [4.78, 5) is 15.0. The van der Waals surface area contributed by atoms with Crippen molar-refractivity contribution in [2.45, 2.75) is 0 Å². The highest BCUT2D eigenvalue weighted by Crippen LogP contribution is 1.80. The highest BCUT2D eigenvalue weighted by molar-refractivity contribution is 4.99. The predicted octanol–water partition coefficient (Wildman–Crippen LogP) is 4.33. The minimum absolute atomic E-state index is 1.64. The van der Waals surface area contributed by atoms with E-state index < -0.39 is 0 Å². The van der Waals surface area contributed by atoms with Gasteiger partial charge in [-0.05, 0) is 24.3 Å². The van der Waals surface area contributed by atoms with Gasteiger partial charge in [-0.2, -0.15) is 0 Å². The van der Waals surface area contributed by atoms with E-state index in [-0.39, 0.29) is 0 Å². The molecule has 3 aromatic heterocycles. The number of benzene rings is 1. The number of hydrogen-bond donors (Lipinski definition) is 0. The fourth-order valence-electron chi connectivity index (χ4n) is 1.26. The minimum Gasteiger partial charge on any atom is -0.265 e. The second-order valence-corrected chi connectivity index (χ2v) is 4.10. The highest BCUT2D eigenvalue weighted by Gasteiger charge is 1.60. The van der Waals surface area contributed by atoms with Crippen LogP contribution in [0.1, 0.15) is 0 Å². The Hall–Kier alpha value is -3.40. The predicted molar refractivity (Wildman–Crippen MR) is 96.9 cm³/mol. The molecule has 0 saturated carbocycles. The second kappa shape index (κ2) is 16.0. The van der Waals surface area contributed by atoms with Gasteiger partial charge in [0.1, 0.15) is 0 Å². The van der Waals surface area contributed by atoms with Gasteiger partial charge in [-0.3, -0.25) is 19.9 Å². The van der Waals surface area contributed by atoms with E-state index in [1.165, 1.54) is 0 Å². The van der Waals surface area contributed by atoms with E-state index in [0.29, 0.717) is 0 Å². The van der Waals surface area contributed by atoms with Crippen molar-refractivity contribution in [3.05, 3.63) is 122 Å². The largest absolute Gasteiger partial charge is 0.265 e. The summed E-state index contributed by atoms with van der Waals surface area (Å²) in [6.07, 6.45) is 13.6. The van der Waals surface area contributed by atoms with Gasteiger partial charge in [0.2, 0.25) is 0 Å². The SMILES string of the molecule is c1ccccc1.c1ccncc1.c1ccncc1.c1cnccn1. The maximum absolute atomic E-state index is 3.78. The Kier molecular flexibility index (Phi) is 12.4. The summed E-state index contributed by atoms with van der Waals surface area (Å²) in [6, 6.07) is 23.4. The van der Waals surface area contributed by atoms with Gasteiger partial charge >= 0.3 is 0 Å². The summed E-state index contributed by atoms with van der Waals surface area (Å²) in [7, 11) is 0. The summed E-state index contributed by atoms with van der Waals surface area (Å²) in [5.74, 6) is 0. The molecule has 0 aliphatic heterocycles. The molecule has 3 heterocycles. The maximum atomic E-state index is 3.78. The molecule has 0 amide bonds. The Morgan fingerprint density at radius 1 is 0.208 bits per heavy atom. The smallest absolute Gasteiger partial charge is 0.0451 e. The third-order valence-corrected chi connectivity index (χ3v) is 2.28. The van der Waals surface area contributed by atoms with Gasteiger partial charge in [0, 0.05) is 49.6 Å². The van der Waals surface area contributed by atoms with Crippen molar-refractivity contribution in [1.82, 2.24) is 19.9 Å². The molecule has 0 atom stereocenters. The molecule has 0 saturated heterocycles. The van der Waals surface area contributed by atoms with E-state index in [2.05, 4.69) is 19.9 Å². The monoisotopic (exact) mass is 316 g/mol. The van der Waals surface area contributed by atoms with E-state index in [1.807, 2.05) is 72.8 Å². The molecule has 0 aliphatic rings. The minimum atomic E-state index is 1.64. The molecule has 4 aromatic rings. The topological polar surface area (TPSA) is 51.6 Å². The first-order valence-electron chi connectivity index (χ1n) is 7.40. The Morgan fingerprint density at radius 2 is 0.417 bits per heavy atom. The first-order chi connectivity index (χ1) is 12.0. The number of hydrogen-bond acceptors (Lipinski definition) is 4. The first kappa shape index (κ1) is 18.6. The lowest BCUT2D eigenvalue weighted by atomic mass is 10.4. The molecule has 0 radical (unpaired) electrons. The van der Waals surface area contributed by atoms with Crippen molar-refractivity contribution in [3.8, 4) is 0 Å². The molecule has 4 nitrogen and oxygen atoms in total. The Bertz CT molecular complexity index is 429. The van der Waals surface area contributed by atoms with Gasteiger partial charge in [0.25, 0.3) is 0 Å². The lowest BCUT2D eigenvalue weighted by Crippen LogP contribution is -1.66. The van der Waals surface area contributed by atoms with E-state index in [1.54, 1.807) is 49.6 Å². The van der Waals surface area contributed by atoms with Crippen LogP contribution in [-0.4, -0.2) is 19.9 Å². The molecule has 0 fully saturated rings. The molecule has 0 aliphatic carbocycles. The van der Waals surface area contributed by atoms with Crippen LogP contribution in [0.15, 0.2) is 122 Å². The maximum Gasteiger partial charge on any atom is 0.0451 e. The van der Waals surface area contributed by atoms with Crippen LogP contribution in [0.3, 0.4) is 0 Å². The van der Waals surface area contributed by atoms with Gasteiger partial charge < -0.3 is 0 Å². The van der Waals surface area contributed by atoms with Crippen molar-refractivity contribution in [2.24, 2.45) is 0 Å². The molecule has 1 aromatic carbocycles. The standard InChI is InChI=1S/C6H6.2C5H5N.C4H4N2/c3*1-2-4-6-5-3-1;1-2-6-4-3-5-1/h1-6H;2*1-5H;1-4H. The molecule has 4 rings (SSSR count). The zero-order valence-corrected chi connectivity index (χ0v) is 13.3. The molecule has 0 unspecified atom stereocenters. The zero-order valence-electron chi connectivity index (χ0n) is 13.3. The van der Waals surface area contributed by atoms with Crippen LogP contribution >= 0.6 is 0 Å². The van der Waals surface area contributed by atoms with Crippen LogP contribution < -0.4 is 0 Å². The Labute approximate surface area is 142 Å². The van der Waals surface area contributed by atoms with Crippen LogP contribution in [0.2, 0.25) is 0 Å². The van der Waals surface area contributed by atoms with Gasteiger partial charge in [-0.1, -0.05) is 48.5 Å². The number of aromatic nitrogens is 4.